The number of pyridine rings is 2. The number of aromatic nitrogens is 9. The number of alkyl halides is 4. The molecule has 0 bridgehead atoms. The summed E-state index contributed by atoms with van der Waals surface area (Å²) in [6.45, 7) is 8.15. The van der Waals surface area contributed by atoms with Crippen LogP contribution >= 0.6 is 15.9 Å². The van der Waals surface area contributed by atoms with Crippen LogP contribution < -0.4 is 21.2 Å². The summed E-state index contributed by atoms with van der Waals surface area (Å²) in [5.41, 5.74) is 0.394. The first kappa shape index (κ1) is 63.2. The number of nitrogens with one attached hydrogen (secondary N) is 1. The predicted octanol–water partition coefficient (Wildman–Crippen LogP) is 10.8. The minimum absolute atomic E-state index is 0.0534. The number of rotatable bonds is 17. The SMILES string of the molecule is CC[C@@H](C(C)C)n1ncn(-c2ccc(N3CCN(c4ccc(-c5ccc(C(F)(F)C(O)(Cn6cccn6)c6ccccc6F)nc5)cc4)CC3)cc2)c1=O.CN.OC(Cn1cccn1)(c1ccccc1F)C(F)(F)c1ccc(Br)cn1.[NH]=[W]. The standard InChI is InChI=1S/C41H43F3N8O2.C17H13BrF3N3O.CH5N.HN.W/c1-4-37(29(2)3)52-39(53)51(28-47-52)34-17-15-33(16-18-34)49-24-22-48(23-25-49)32-13-10-30(11-14-32)31-12-19-38(45-26-31)41(43,44)40(54,27-50-21-7-20-46-50)35-8-5-6-9-36(35)42;18-12-6-7-15(22-10-12)17(20,21)16(25,11-24-9-3-8-23-24)13-4-1-2-5-14(13)19;1-2;;/h5-21,26,28-29,37,54H,4,22-25,27H2,1-3H3;1-10,25H,11H2;2H2,1H3;1H;/t37-,40?;;;;/m0..../s1. The molecule has 5 aromatic heterocycles. The van der Waals surface area contributed by atoms with Crippen LogP contribution in [0.5, 0.6) is 0 Å². The quantitative estimate of drug-likeness (QED) is 0.0633. The molecule has 4 aromatic carbocycles. The molecule has 16 nitrogen and oxygen atoms in total. The number of benzene rings is 4. The van der Waals surface area contributed by atoms with Gasteiger partial charge in [0.25, 0.3) is 0 Å². The third-order valence-corrected chi connectivity index (χ3v) is 14.7. The van der Waals surface area contributed by atoms with Crippen LogP contribution in [0.2, 0.25) is 0 Å². The van der Waals surface area contributed by atoms with E-state index in [9.17, 15) is 23.8 Å². The summed E-state index contributed by atoms with van der Waals surface area (Å²) in [4.78, 5) is 25.5. The van der Waals surface area contributed by atoms with Crippen LogP contribution in [-0.4, -0.2) is 87.3 Å². The zero-order valence-corrected chi connectivity index (χ0v) is 50.2. The van der Waals surface area contributed by atoms with Crippen molar-refractivity contribution in [3.8, 4) is 16.8 Å². The Morgan fingerprint density at radius 2 is 1.05 bits per heavy atom. The van der Waals surface area contributed by atoms with E-state index in [-0.39, 0.29) is 11.7 Å². The topological polar surface area (TPSA) is 198 Å². The molecular formula is C59H62BrF6N13O3W. The number of hydrogen-bond donors (Lipinski definition) is 4. The summed E-state index contributed by atoms with van der Waals surface area (Å²) < 4.78 is 104. The van der Waals surface area contributed by atoms with E-state index < -0.39 is 70.3 Å². The Morgan fingerprint density at radius 3 is 1.45 bits per heavy atom. The summed E-state index contributed by atoms with van der Waals surface area (Å²) in [6.07, 6.45) is 10.6. The van der Waals surface area contributed by atoms with Gasteiger partial charge in [0.1, 0.15) is 29.3 Å². The second-order valence-electron chi connectivity index (χ2n) is 19.5. The molecule has 9 aromatic rings. The van der Waals surface area contributed by atoms with Gasteiger partial charge in [-0.15, -0.1) is 0 Å². The van der Waals surface area contributed by atoms with Crippen molar-refractivity contribution in [1.29, 1.82) is 3.91 Å². The molecule has 0 aliphatic carbocycles. The summed E-state index contributed by atoms with van der Waals surface area (Å²) >= 11 is 3.96. The molecule has 1 aliphatic rings. The average molecular weight is 1380 g/mol. The first-order valence-electron chi connectivity index (χ1n) is 26.2. The fourth-order valence-electron chi connectivity index (χ4n) is 9.85. The van der Waals surface area contributed by atoms with Gasteiger partial charge in [0.2, 0.25) is 0 Å². The molecule has 0 radical (unpaired) electrons. The van der Waals surface area contributed by atoms with Gasteiger partial charge in [0.05, 0.1) is 24.8 Å². The molecule has 436 valence electrons. The molecule has 5 N–H and O–H groups in total. The fraction of sp³-hybridized carbons (Fsp3) is 0.288. The van der Waals surface area contributed by atoms with Crippen LogP contribution in [-0.2, 0) is 55.8 Å². The number of aliphatic hydroxyl groups is 2. The molecular weight excluding hydrogens is 1320 g/mol. The second-order valence-corrected chi connectivity index (χ2v) is 20.4. The van der Waals surface area contributed by atoms with Crippen LogP contribution in [0.4, 0.5) is 37.7 Å². The van der Waals surface area contributed by atoms with Crippen LogP contribution in [0.15, 0.2) is 186 Å². The Labute approximate surface area is 495 Å². The maximum atomic E-state index is 16.2. The second kappa shape index (κ2) is 27.8. The van der Waals surface area contributed by atoms with E-state index in [2.05, 4.69) is 77.5 Å². The monoisotopic (exact) mass is 1380 g/mol. The molecule has 1 aliphatic heterocycles. The van der Waals surface area contributed by atoms with Crippen molar-refractivity contribution in [3.63, 3.8) is 0 Å². The number of anilines is 2. The summed E-state index contributed by atoms with van der Waals surface area (Å²) in [6, 6.07) is 34.0. The van der Waals surface area contributed by atoms with Crippen LogP contribution in [0.1, 0.15) is 55.7 Å². The fourth-order valence-corrected chi connectivity index (χ4v) is 10.1. The van der Waals surface area contributed by atoms with E-state index in [0.29, 0.717) is 16.0 Å². The van der Waals surface area contributed by atoms with Crippen LogP contribution in [0, 0.1) is 21.5 Å². The van der Waals surface area contributed by atoms with E-state index in [1.165, 1.54) is 98.8 Å². The van der Waals surface area contributed by atoms with Gasteiger partial charge in [0, 0.05) is 95.9 Å². The Balaban J connectivity index is 0.000000285. The Hall–Kier alpha value is -7.43. The molecule has 0 spiro atoms. The van der Waals surface area contributed by atoms with Gasteiger partial charge < -0.3 is 25.7 Å². The van der Waals surface area contributed by atoms with Crippen LogP contribution in [0.3, 0.4) is 0 Å². The number of hydrogen-bond acceptors (Lipinski definition) is 12. The third kappa shape index (κ3) is 13.7. The Kier molecular flexibility index (Phi) is 21.1. The number of halogens is 7. The Bertz CT molecular complexity index is 3520. The molecule has 0 saturated carbocycles. The minimum atomic E-state index is -3.97. The molecule has 6 heterocycles. The summed E-state index contributed by atoms with van der Waals surface area (Å²) in [7, 11) is 1.50. The molecule has 3 atom stereocenters. The first-order chi connectivity index (χ1) is 39.8. The van der Waals surface area contributed by atoms with Gasteiger partial charge in [-0.05, 0) is 120 Å². The summed E-state index contributed by atoms with van der Waals surface area (Å²) in [5.74, 6) is -9.43. The first-order valence-corrected chi connectivity index (χ1v) is 28.5. The normalized spacial score (nSPS) is 14.4. The van der Waals surface area contributed by atoms with Gasteiger partial charge in [-0.3, -0.25) is 19.3 Å². The molecule has 83 heavy (non-hydrogen) atoms. The van der Waals surface area contributed by atoms with Gasteiger partial charge in [-0.25, -0.2) is 22.8 Å². The predicted molar refractivity (Wildman–Crippen MR) is 304 cm³/mol. The zero-order chi connectivity index (χ0) is 60.1. The van der Waals surface area contributed by atoms with E-state index in [4.69, 9.17) is 3.91 Å². The maximum absolute atomic E-state index is 16.2. The molecule has 2 unspecified atom stereocenters. The average Bonchev–Trinajstić information content (AvgIpc) is 2.61. The van der Waals surface area contributed by atoms with Gasteiger partial charge in [-0.1, -0.05) is 75.4 Å². The van der Waals surface area contributed by atoms with Crippen molar-refractivity contribution in [2.45, 2.75) is 69.4 Å². The van der Waals surface area contributed by atoms with E-state index in [1.807, 2.05) is 48.5 Å². The molecule has 10 rings (SSSR count). The van der Waals surface area contributed by atoms with E-state index >= 15 is 17.6 Å². The van der Waals surface area contributed by atoms with Gasteiger partial charge in [-0.2, -0.15) is 32.9 Å². The van der Waals surface area contributed by atoms with Crippen molar-refractivity contribution in [3.05, 3.63) is 226 Å². The summed E-state index contributed by atoms with van der Waals surface area (Å²) in [5, 5.41) is 34.7. The van der Waals surface area contributed by atoms with E-state index in [0.717, 1.165) is 115 Å². The molecule has 1 saturated heterocycles. The van der Waals surface area contributed by atoms with Crippen molar-refractivity contribution >= 4 is 27.3 Å². The van der Waals surface area contributed by atoms with Crippen molar-refractivity contribution in [2.24, 2.45) is 11.7 Å². The van der Waals surface area contributed by atoms with Gasteiger partial charge in [0.15, 0.2) is 11.2 Å². The molecule has 0 amide bonds. The third-order valence-electron chi connectivity index (χ3n) is 14.2. The number of piperazine rings is 1. The van der Waals surface area contributed by atoms with Crippen molar-refractivity contribution < 1.29 is 56.2 Å². The van der Waals surface area contributed by atoms with Crippen LogP contribution in [0.25, 0.3) is 16.8 Å². The van der Waals surface area contributed by atoms with Crippen molar-refractivity contribution in [2.75, 3.05) is 43.0 Å². The number of nitrogens with zero attached hydrogens (tertiary/aromatic N) is 11. The van der Waals surface area contributed by atoms with Crippen molar-refractivity contribution in [1.82, 2.24) is 43.9 Å². The molecule has 24 heteroatoms. The van der Waals surface area contributed by atoms with Gasteiger partial charge >= 0.3 is 41.1 Å². The molecule has 1 fully saturated rings. The van der Waals surface area contributed by atoms with E-state index in [1.54, 1.807) is 15.6 Å². The Morgan fingerprint density at radius 1 is 0.614 bits per heavy atom. The zero-order valence-electron chi connectivity index (χ0n) is 45.7. The number of nitrogens with two attached hydrogens (primary N) is 1.